The molecule has 0 spiro atoms. The van der Waals surface area contributed by atoms with Crippen LogP contribution in [0.5, 0.6) is 5.75 Å². The summed E-state index contributed by atoms with van der Waals surface area (Å²) in [6.07, 6.45) is 0. The summed E-state index contributed by atoms with van der Waals surface area (Å²) in [5, 5.41) is 4.84. The van der Waals surface area contributed by atoms with E-state index in [2.05, 4.69) is 146 Å². The van der Waals surface area contributed by atoms with Crippen LogP contribution in [0.1, 0.15) is 0 Å². The first-order chi connectivity index (χ1) is 17.2. The fourth-order valence-corrected chi connectivity index (χ4v) is 6.81. The second-order valence-electron chi connectivity index (χ2n) is 8.21. The molecule has 0 N–H and O–H groups in total. The molecule has 0 amide bonds. The summed E-state index contributed by atoms with van der Waals surface area (Å²) >= 11 is 7.31. The Morgan fingerprint density at radius 3 is 1.51 bits per heavy atom. The molecule has 0 saturated carbocycles. The maximum absolute atomic E-state index is 6.61. The summed E-state index contributed by atoms with van der Waals surface area (Å²) in [6.45, 7) is 0. The number of benzene rings is 5. The highest BCUT2D eigenvalue weighted by Gasteiger charge is 2.17. The van der Waals surface area contributed by atoms with E-state index in [9.17, 15) is 0 Å². The van der Waals surface area contributed by atoms with Crippen molar-refractivity contribution in [3.8, 4) is 11.4 Å². The summed E-state index contributed by atoms with van der Waals surface area (Å²) in [6, 6.07) is 42.2. The summed E-state index contributed by atoms with van der Waals surface area (Å²) in [5.74, 6) is 0.857. The number of rotatable bonds is 5. The lowest BCUT2D eigenvalue weighted by atomic mass is 10.2. The van der Waals surface area contributed by atoms with E-state index in [4.69, 9.17) is 4.52 Å². The van der Waals surface area contributed by atoms with Crippen LogP contribution in [0.4, 0.5) is 0 Å². The fraction of sp³-hybridized carbons (Fsp3) is 0. The molecule has 2 nitrogen and oxygen atoms in total. The summed E-state index contributed by atoms with van der Waals surface area (Å²) in [4.78, 5) is 0. The zero-order valence-electron chi connectivity index (χ0n) is 18.6. The Morgan fingerprint density at radius 1 is 0.543 bits per heavy atom. The average Bonchev–Trinajstić information content (AvgIpc) is 3.21. The molecule has 1 aromatic heterocycles. The van der Waals surface area contributed by atoms with Crippen molar-refractivity contribution in [1.29, 1.82) is 0 Å². The van der Waals surface area contributed by atoms with Gasteiger partial charge >= 0.3 is 0 Å². The molecule has 6 rings (SSSR count). The number of aromatic nitrogens is 1. The van der Waals surface area contributed by atoms with E-state index in [1.54, 1.807) is 0 Å². The van der Waals surface area contributed by atoms with E-state index in [1.807, 2.05) is 12.1 Å². The Balaban J connectivity index is 1.42. The van der Waals surface area contributed by atoms with Crippen molar-refractivity contribution >= 4 is 72.4 Å². The van der Waals surface area contributed by atoms with Gasteiger partial charge in [-0.25, -0.2) is 0 Å². The summed E-state index contributed by atoms with van der Waals surface area (Å²) in [7, 11) is -0.966. The Hall–Kier alpha value is -2.91. The van der Waals surface area contributed by atoms with Crippen LogP contribution in [0.3, 0.4) is 0 Å². The molecule has 0 fully saturated rings. The molecule has 5 aromatic carbocycles. The number of halogens is 2. The van der Waals surface area contributed by atoms with Gasteiger partial charge in [0.25, 0.3) is 0 Å². The molecule has 0 radical (unpaired) electrons. The van der Waals surface area contributed by atoms with Crippen molar-refractivity contribution in [1.82, 2.24) is 4.57 Å². The lowest BCUT2D eigenvalue weighted by molar-refractivity contribution is 0.629. The third-order valence-corrected chi connectivity index (χ3v) is 8.88. The highest BCUT2D eigenvalue weighted by molar-refractivity contribution is 9.10. The smallest absolute Gasteiger partial charge is 0.150 e. The average molecular weight is 601 g/mol. The van der Waals surface area contributed by atoms with E-state index in [1.165, 1.54) is 21.4 Å². The van der Waals surface area contributed by atoms with Crippen LogP contribution in [-0.4, -0.2) is 4.57 Å². The summed E-state index contributed by atoms with van der Waals surface area (Å²) in [5.41, 5.74) is 3.42. The van der Waals surface area contributed by atoms with Crippen molar-refractivity contribution in [3.05, 3.63) is 130 Å². The Morgan fingerprint density at radius 2 is 1.03 bits per heavy atom. The summed E-state index contributed by atoms with van der Waals surface area (Å²) < 4.78 is 11.0. The van der Waals surface area contributed by atoms with E-state index >= 15 is 0 Å². The normalized spacial score (nSPS) is 11.4. The van der Waals surface area contributed by atoms with E-state index in [0.29, 0.717) is 0 Å². The van der Waals surface area contributed by atoms with Crippen LogP contribution < -0.4 is 15.1 Å². The van der Waals surface area contributed by atoms with E-state index < -0.39 is 8.15 Å². The standard InChI is InChI=1S/C30H20Br2NOP/c31-21-11-17-27-28-18-12-22(32)20-30(28)33(29(27)19-21)23-13-15-24(16-14-23)34-35(25-7-3-1-4-8-25)26-9-5-2-6-10-26/h1-20H. The van der Waals surface area contributed by atoms with Gasteiger partial charge in [0.1, 0.15) is 5.75 Å². The van der Waals surface area contributed by atoms with Crippen LogP contribution >= 0.6 is 40.0 Å². The molecule has 1 heterocycles. The first-order valence-corrected chi connectivity index (χ1v) is 14.1. The van der Waals surface area contributed by atoms with E-state index in [-0.39, 0.29) is 0 Å². The third kappa shape index (κ3) is 4.43. The first-order valence-electron chi connectivity index (χ1n) is 11.3. The van der Waals surface area contributed by atoms with Gasteiger partial charge in [-0.15, -0.1) is 0 Å². The topological polar surface area (TPSA) is 14.2 Å². The molecule has 0 saturated heterocycles. The predicted molar refractivity (Wildman–Crippen MR) is 156 cm³/mol. The molecule has 0 unspecified atom stereocenters. The molecular weight excluding hydrogens is 581 g/mol. The quantitative estimate of drug-likeness (QED) is 0.180. The zero-order chi connectivity index (χ0) is 23.8. The van der Waals surface area contributed by atoms with Gasteiger partial charge in [0.05, 0.1) is 11.0 Å². The second-order valence-corrected chi connectivity index (χ2v) is 11.8. The minimum absolute atomic E-state index is 0.857. The predicted octanol–water partition coefficient (Wildman–Crippen LogP) is 8.74. The van der Waals surface area contributed by atoms with Gasteiger partial charge in [-0.3, -0.25) is 0 Å². The number of hydrogen-bond donors (Lipinski definition) is 0. The largest absolute Gasteiger partial charge is 0.464 e. The molecule has 0 aliphatic heterocycles. The van der Waals surface area contributed by atoms with Crippen LogP contribution in [0.15, 0.2) is 130 Å². The van der Waals surface area contributed by atoms with Gasteiger partial charge < -0.3 is 9.09 Å². The molecule has 6 aromatic rings. The van der Waals surface area contributed by atoms with Crippen molar-refractivity contribution in [2.75, 3.05) is 0 Å². The van der Waals surface area contributed by atoms with Gasteiger partial charge in [-0.1, -0.05) is 105 Å². The first kappa shape index (κ1) is 22.5. The van der Waals surface area contributed by atoms with Crippen LogP contribution in [0, 0.1) is 0 Å². The lowest BCUT2D eigenvalue weighted by Crippen LogP contribution is -2.15. The maximum atomic E-state index is 6.61. The van der Waals surface area contributed by atoms with Gasteiger partial charge in [0.2, 0.25) is 0 Å². The van der Waals surface area contributed by atoms with Crippen molar-refractivity contribution < 1.29 is 4.52 Å². The highest BCUT2D eigenvalue weighted by Crippen LogP contribution is 2.38. The van der Waals surface area contributed by atoms with Crippen molar-refractivity contribution in [2.45, 2.75) is 0 Å². The van der Waals surface area contributed by atoms with Gasteiger partial charge in [0, 0.05) is 36.0 Å². The molecule has 0 aliphatic rings. The van der Waals surface area contributed by atoms with Crippen LogP contribution in [0.2, 0.25) is 0 Å². The Labute approximate surface area is 222 Å². The van der Waals surface area contributed by atoms with Gasteiger partial charge in [0.15, 0.2) is 8.15 Å². The van der Waals surface area contributed by atoms with Gasteiger partial charge in [-0.2, -0.15) is 0 Å². The SMILES string of the molecule is Brc1ccc2c3ccc(Br)cc3n(-c3ccc(OP(c4ccccc4)c4ccccc4)cc3)c2c1. The molecule has 0 aliphatic carbocycles. The number of fused-ring (bicyclic) bond motifs is 3. The molecule has 0 atom stereocenters. The minimum Gasteiger partial charge on any atom is -0.464 e. The van der Waals surface area contributed by atoms with Crippen LogP contribution in [0.25, 0.3) is 27.5 Å². The Kier molecular flexibility index (Phi) is 6.20. The maximum Gasteiger partial charge on any atom is 0.150 e. The Bertz CT molecular complexity index is 1530. The molecule has 35 heavy (non-hydrogen) atoms. The highest BCUT2D eigenvalue weighted by atomic mass is 79.9. The van der Waals surface area contributed by atoms with Crippen molar-refractivity contribution in [3.63, 3.8) is 0 Å². The molecular formula is C30H20Br2NOP. The molecule has 5 heteroatoms. The van der Waals surface area contributed by atoms with Crippen molar-refractivity contribution in [2.24, 2.45) is 0 Å². The minimum atomic E-state index is -0.966. The van der Waals surface area contributed by atoms with Crippen LogP contribution in [-0.2, 0) is 0 Å². The van der Waals surface area contributed by atoms with Gasteiger partial charge in [-0.05, 0) is 48.5 Å². The number of nitrogens with zero attached hydrogens (tertiary/aromatic N) is 1. The second kappa shape index (κ2) is 9.62. The molecule has 0 bridgehead atoms. The third-order valence-electron chi connectivity index (χ3n) is 5.96. The lowest BCUT2D eigenvalue weighted by Gasteiger charge is -2.19. The monoisotopic (exact) mass is 599 g/mol. The zero-order valence-corrected chi connectivity index (χ0v) is 22.7. The van der Waals surface area contributed by atoms with E-state index in [0.717, 1.165) is 31.4 Å². The molecule has 170 valence electrons. The number of hydrogen-bond acceptors (Lipinski definition) is 1. The fourth-order valence-electron chi connectivity index (χ4n) is 4.39.